The van der Waals surface area contributed by atoms with E-state index in [9.17, 15) is 43.8 Å². The maximum Gasteiger partial charge on any atom is 0.325 e. The van der Waals surface area contributed by atoms with Crippen molar-refractivity contribution in [3.63, 3.8) is 0 Å². The number of esters is 1. The lowest BCUT2D eigenvalue weighted by molar-refractivity contribution is -0.181. The van der Waals surface area contributed by atoms with Gasteiger partial charge in [-0.3, -0.25) is 38.5 Å². The fraction of sp³-hybridized carbons (Fsp3) is 0.441. The van der Waals surface area contributed by atoms with Crippen LogP contribution in [0.1, 0.15) is 39.6 Å². The Morgan fingerprint density at radius 2 is 1.75 bits per heavy atom. The molecule has 0 saturated heterocycles. The molecule has 0 spiro atoms. The van der Waals surface area contributed by atoms with E-state index in [0.717, 1.165) is 0 Å². The summed E-state index contributed by atoms with van der Waals surface area (Å²) in [6, 6.07) is 6.62. The van der Waals surface area contributed by atoms with Gasteiger partial charge in [-0.1, -0.05) is 12.1 Å². The molecule has 0 bridgehead atoms. The lowest BCUT2D eigenvalue weighted by atomic mass is 9.52. The summed E-state index contributed by atoms with van der Waals surface area (Å²) in [5.41, 5.74) is 4.07. The molecule has 3 aliphatic rings. The van der Waals surface area contributed by atoms with Gasteiger partial charge in [-0.2, -0.15) is 0 Å². The van der Waals surface area contributed by atoms with Crippen LogP contribution in [0.2, 0.25) is 0 Å². The molecular formula is C34H38N4O10. The normalized spacial score (nSPS) is 26.4. The van der Waals surface area contributed by atoms with Crippen molar-refractivity contribution in [1.29, 1.82) is 0 Å². The molecule has 2 aromatic carbocycles. The number of nitrogens with zero attached hydrogens (tertiary/aromatic N) is 2. The fourth-order valence-electron chi connectivity index (χ4n) is 7.57. The van der Waals surface area contributed by atoms with E-state index in [-0.39, 0.29) is 42.7 Å². The number of aliphatic hydroxyl groups is 1. The van der Waals surface area contributed by atoms with Gasteiger partial charge in [-0.05, 0) is 69.1 Å². The number of primary amides is 1. The van der Waals surface area contributed by atoms with Crippen molar-refractivity contribution in [3.05, 3.63) is 47.0 Å². The first-order valence-corrected chi connectivity index (χ1v) is 15.5. The lowest BCUT2D eigenvalue weighted by Crippen LogP contribution is -2.74. The summed E-state index contributed by atoms with van der Waals surface area (Å²) in [5.74, 6) is -12.6. The predicted octanol–water partition coefficient (Wildman–Crippen LogP) is -0.107. The highest BCUT2D eigenvalue weighted by Crippen LogP contribution is 2.53. The highest BCUT2D eigenvalue weighted by molar-refractivity contribution is 6.32. The average molecular weight is 663 g/mol. The number of rotatable bonds is 8. The number of fused-ring (bicyclic) bond motifs is 3. The molecule has 0 heterocycles. The number of phenolic OH excluding ortho intramolecular Hbond substituents is 1. The molecule has 14 nitrogen and oxygen atoms in total. The molecule has 48 heavy (non-hydrogen) atoms. The fourth-order valence-corrected chi connectivity index (χ4v) is 7.57. The summed E-state index contributed by atoms with van der Waals surface area (Å²) >= 11 is 0. The molecule has 0 aromatic heterocycles. The van der Waals surface area contributed by atoms with Gasteiger partial charge in [-0.25, -0.2) is 0 Å². The number of aromatic hydroxyl groups is 1. The zero-order valence-electron chi connectivity index (χ0n) is 27.2. The van der Waals surface area contributed by atoms with Crippen LogP contribution < -0.4 is 16.0 Å². The minimum Gasteiger partial charge on any atom is -0.507 e. The molecule has 2 aromatic rings. The number of hydrogen-bond donors (Lipinski definition) is 4. The summed E-state index contributed by atoms with van der Waals surface area (Å²) in [5, 5.41) is 26.0. The van der Waals surface area contributed by atoms with Gasteiger partial charge in [0.1, 0.15) is 12.3 Å². The van der Waals surface area contributed by atoms with Crippen LogP contribution in [-0.2, 0) is 35.1 Å². The zero-order chi connectivity index (χ0) is 35.4. The Morgan fingerprint density at radius 3 is 2.35 bits per heavy atom. The molecule has 2 amide bonds. The molecule has 2 saturated carbocycles. The van der Waals surface area contributed by atoms with E-state index in [1.165, 1.54) is 31.1 Å². The molecule has 6 atom stereocenters. The van der Waals surface area contributed by atoms with Crippen LogP contribution >= 0.6 is 0 Å². The third-order valence-corrected chi connectivity index (χ3v) is 9.65. The van der Waals surface area contributed by atoms with Crippen LogP contribution in [0.15, 0.2) is 30.3 Å². The molecule has 254 valence electrons. The van der Waals surface area contributed by atoms with Gasteiger partial charge in [0.25, 0.3) is 5.91 Å². The van der Waals surface area contributed by atoms with Crippen LogP contribution in [0.4, 0.5) is 5.69 Å². The Hall–Kier alpha value is -4.95. The van der Waals surface area contributed by atoms with Gasteiger partial charge >= 0.3 is 5.97 Å². The number of anilines is 1. The highest BCUT2D eigenvalue weighted by Gasteiger charge is 2.69. The second kappa shape index (κ2) is 12.6. The monoisotopic (exact) mass is 662 g/mol. The number of amides is 2. The number of nitrogens with two attached hydrogens (primary N) is 1. The highest BCUT2D eigenvalue weighted by atomic mass is 16.5. The van der Waals surface area contributed by atoms with Gasteiger partial charge < -0.3 is 30.9 Å². The topological polar surface area (TPSA) is 214 Å². The van der Waals surface area contributed by atoms with Crippen LogP contribution in [-0.4, -0.2) is 109 Å². The van der Waals surface area contributed by atoms with E-state index in [4.69, 9.17) is 10.5 Å². The number of carbonyl (C=O) groups is 7. The van der Waals surface area contributed by atoms with Crippen molar-refractivity contribution in [2.24, 2.45) is 29.4 Å². The maximum atomic E-state index is 14.3. The van der Waals surface area contributed by atoms with Crippen molar-refractivity contribution >= 4 is 46.6 Å². The SMILES string of the molecule is CCOC(=O)CNC(=O)c1cccc(-c2cc(N(C)C)c3c(c2O)C(=O)C2C(=O)[C@]4(O)C(=O)C(C(N)=O)C(=O)[C@H](N(C)C)[C@H]4C[C@H]2C3)c1. The van der Waals surface area contributed by atoms with Gasteiger partial charge in [0.05, 0.1) is 24.1 Å². The van der Waals surface area contributed by atoms with Gasteiger partial charge in [-0.15, -0.1) is 0 Å². The molecule has 3 aliphatic carbocycles. The number of phenols is 1. The van der Waals surface area contributed by atoms with Crippen molar-refractivity contribution in [1.82, 2.24) is 10.2 Å². The van der Waals surface area contributed by atoms with E-state index in [1.54, 1.807) is 44.1 Å². The van der Waals surface area contributed by atoms with Crippen molar-refractivity contribution in [2.45, 2.75) is 31.4 Å². The molecule has 0 radical (unpaired) electrons. The van der Waals surface area contributed by atoms with Crippen molar-refractivity contribution in [2.75, 3.05) is 46.2 Å². The lowest BCUT2D eigenvalue weighted by Gasteiger charge is -2.52. The number of likely N-dealkylation sites (N-methyl/N-ethyl adjacent to an activating group) is 1. The van der Waals surface area contributed by atoms with Gasteiger partial charge in [0, 0.05) is 36.8 Å². The van der Waals surface area contributed by atoms with Crippen molar-refractivity contribution < 1.29 is 48.5 Å². The van der Waals surface area contributed by atoms with E-state index in [2.05, 4.69) is 5.32 Å². The van der Waals surface area contributed by atoms with E-state index in [0.29, 0.717) is 16.8 Å². The Balaban J connectivity index is 1.59. The molecule has 5 rings (SSSR count). The summed E-state index contributed by atoms with van der Waals surface area (Å²) in [6.45, 7) is 1.44. The number of ketones is 4. The summed E-state index contributed by atoms with van der Waals surface area (Å²) in [6.07, 6.45) is 0.0335. The van der Waals surface area contributed by atoms with E-state index < -0.39 is 82.0 Å². The summed E-state index contributed by atoms with van der Waals surface area (Å²) < 4.78 is 4.84. The van der Waals surface area contributed by atoms with E-state index >= 15 is 0 Å². The Labute approximate surface area is 276 Å². The van der Waals surface area contributed by atoms with Gasteiger partial charge in [0.2, 0.25) is 5.91 Å². The van der Waals surface area contributed by atoms with Crippen LogP contribution in [0.3, 0.4) is 0 Å². The van der Waals surface area contributed by atoms with Crippen LogP contribution in [0.25, 0.3) is 11.1 Å². The number of benzene rings is 2. The third-order valence-electron chi connectivity index (χ3n) is 9.65. The number of Topliss-reactive ketones (excluding diaryl/α,β-unsaturated/α-hetero) is 4. The Bertz CT molecular complexity index is 1770. The molecule has 2 unspecified atom stereocenters. The maximum absolute atomic E-state index is 14.3. The first-order valence-electron chi connectivity index (χ1n) is 15.5. The quantitative estimate of drug-likeness (QED) is 0.215. The summed E-state index contributed by atoms with van der Waals surface area (Å²) in [4.78, 5) is 95.4. The predicted molar refractivity (Wildman–Crippen MR) is 170 cm³/mol. The first-order chi connectivity index (χ1) is 22.6. The third kappa shape index (κ3) is 5.34. The van der Waals surface area contributed by atoms with E-state index in [1.807, 2.05) is 0 Å². The summed E-state index contributed by atoms with van der Waals surface area (Å²) in [7, 11) is 6.53. The Morgan fingerprint density at radius 1 is 1.06 bits per heavy atom. The number of carbonyl (C=O) groups excluding carboxylic acids is 7. The van der Waals surface area contributed by atoms with Crippen LogP contribution in [0, 0.1) is 23.7 Å². The molecule has 0 aliphatic heterocycles. The zero-order valence-corrected chi connectivity index (χ0v) is 27.2. The molecular weight excluding hydrogens is 624 g/mol. The number of hydrogen-bond acceptors (Lipinski definition) is 12. The number of ether oxygens (including phenoxy) is 1. The van der Waals surface area contributed by atoms with Crippen LogP contribution in [0.5, 0.6) is 5.75 Å². The molecule has 2 fully saturated rings. The molecule has 5 N–H and O–H groups in total. The Kier molecular flexibility index (Phi) is 9.01. The standard InChI is InChI=1S/C34H38N4O10/c1-6-48-22(39)14-36-33(46)16-9-7-8-15(10-16)18-13-21(37(2)3)19-11-17-12-20-26(38(4)5)29(42)25(32(35)45)31(44)34(20,47)30(43)23(17)28(41)24(19)27(18)40/h7-10,13,17,20,23,25-26,40,47H,6,11-12,14H2,1-5H3,(H2,35,45)(H,36,46)/t17-,20-,23?,25?,26-,34+/m1/s1. The smallest absolute Gasteiger partial charge is 0.325 e. The first kappa shape index (κ1) is 34.4. The van der Waals surface area contributed by atoms with Gasteiger partial charge in [0.15, 0.2) is 34.7 Å². The minimum atomic E-state index is -2.83. The molecule has 14 heteroatoms. The second-order valence-corrected chi connectivity index (χ2v) is 12.9. The second-order valence-electron chi connectivity index (χ2n) is 12.9. The minimum absolute atomic E-state index is 0.0672. The largest absolute Gasteiger partial charge is 0.507 e. The number of nitrogens with one attached hydrogen (secondary N) is 1. The average Bonchev–Trinajstić information content (AvgIpc) is 3.01. The van der Waals surface area contributed by atoms with Crippen molar-refractivity contribution in [3.8, 4) is 16.9 Å².